The Morgan fingerprint density at radius 2 is 1.74 bits per heavy atom. The maximum atomic E-state index is 11.8. The van der Waals surface area contributed by atoms with E-state index >= 15 is 0 Å². The first-order valence-corrected chi connectivity index (χ1v) is 8.69. The van der Waals surface area contributed by atoms with E-state index in [0.717, 1.165) is 6.42 Å². The third kappa shape index (κ3) is 5.87. The minimum Gasteiger partial charge on any atom is -0.456 e. The predicted molar refractivity (Wildman–Crippen MR) is 92.3 cm³/mol. The molecule has 1 fully saturated rings. The zero-order valence-electron chi connectivity index (χ0n) is 12.5. The lowest BCUT2D eigenvalue weighted by Gasteiger charge is -2.11. The van der Waals surface area contributed by atoms with Crippen LogP contribution in [0.25, 0.3) is 0 Å². The van der Waals surface area contributed by atoms with Crippen molar-refractivity contribution in [2.45, 2.75) is 38.5 Å². The molecule has 126 valence electrons. The Morgan fingerprint density at radius 1 is 1.13 bits per heavy atom. The lowest BCUT2D eigenvalue weighted by atomic mass is 10.0. The van der Waals surface area contributed by atoms with E-state index in [0.29, 0.717) is 17.4 Å². The van der Waals surface area contributed by atoms with Crippen molar-refractivity contribution in [2.75, 3.05) is 11.9 Å². The van der Waals surface area contributed by atoms with Crippen LogP contribution in [-0.4, -0.2) is 18.5 Å². The van der Waals surface area contributed by atoms with Crippen molar-refractivity contribution in [1.82, 2.24) is 0 Å². The van der Waals surface area contributed by atoms with Crippen LogP contribution >= 0.6 is 34.8 Å². The molecule has 0 aromatic heterocycles. The normalized spacial score (nSPS) is 14.7. The molecule has 1 amide bonds. The van der Waals surface area contributed by atoms with Gasteiger partial charge in [0.2, 0.25) is 0 Å². The first-order valence-electron chi connectivity index (χ1n) is 7.55. The third-order valence-electron chi connectivity index (χ3n) is 3.87. The van der Waals surface area contributed by atoms with E-state index in [1.54, 1.807) is 0 Å². The molecule has 7 heteroatoms. The molecular weight excluding hydrogens is 361 g/mol. The van der Waals surface area contributed by atoms with Crippen molar-refractivity contribution >= 4 is 52.4 Å². The van der Waals surface area contributed by atoms with Crippen LogP contribution in [0.2, 0.25) is 15.1 Å². The Hall–Kier alpha value is -0.970. The number of carbonyl (C=O) groups is 2. The monoisotopic (exact) mass is 377 g/mol. The SMILES string of the molecule is O=C(COC(=O)CCC1CCCC1)Nc1c(Cl)cc(Cl)cc1Cl. The molecule has 1 N–H and O–H groups in total. The number of nitrogens with one attached hydrogen (secondary N) is 1. The number of rotatable bonds is 6. The average Bonchev–Trinajstić information content (AvgIpc) is 3.00. The first-order chi connectivity index (χ1) is 11.0. The summed E-state index contributed by atoms with van der Waals surface area (Å²) in [5.41, 5.74) is 0.254. The van der Waals surface area contributed by atoms with Gasteiger partial charge < -0.3 is 10.1 Å². The number of ether oxygens (including phenoxy) is 1. The van der Waals surface area contributed by atoms with Gasteiger partial charge in [-0.25, -0.2) is 0 Å². The molecule has 0 heterocycles. The molecule has 0 atom stereocenters. The second-order valence-corrected chi connectivity index (χ2v) is 6.89. The number of anilines is 1. The number of benzene rings is 1. The van der Waals surface area contributed by atoms with Crippen LogP contribution in [-0.2, 0) is 14.3 Å². The quantitative estimate of drug-likeness (QED) is 0.701. The molecule has 1 saturated carbocycles. The standard InChI is InChI=1S/C16H18Cl3NO3/c17-11-7-12(18)16(13(19)8-11)20-14(21)9-23-15(22)6-5-10-3-1-2-4-10/h7-8,10H,1-6,9H2,(H,20,21). The van der Waals surface area contributed by atoms with E-state index in [1.807, 2.05) is 0 Å². The van der Waals surface area contributed by atoms with Gasteiger partial charge in [-0.1, -0.05) is 60.5 Å². The zero-order chi connectivity index (χ0) is 16.8. The summed E-state index contributed by atoms with van der Waals surface area (Å²) in [6.07, 6.45) is 6.02. The minimum absolute atomic E-state index is 0.225. The highest BCUT2D eigenvalue weighted by Crippen LogP contribution is 2.33. The molecule has 0 radical (unpaired) electrons. The highest BCUT2D eigenvalue weighted by atomic mass is 35.5. The molecule has 0 bridgehead atoms. The Balaban J connectivity index is 1.75. The summed E-state index contributed by atoms with van der Waals surface area (Å²) in [7, 11) is 0. The van der Waals surface area contributed by atoms with Crippen LogP contribution < -0.4 is 5.32 Å². The third-order valence-corrected chi connectivity index (χ3v) is 4.68. The molecule has 1 aromatic rings. The topological polar surface area (TPSA) is 55.4 Å². The highest BCUT2D eigenvalue weighted by Gasteiger charge is 2.17. The number of halogens is 3. The maximum absolute atomic E-state index is 11.8. The van der Waals surface area contributed by atoms with Gasteiger partial charge in [-0.05, 0) is 24.5 Å². The summed E-state index contributed by atoms with van der Waals surface area (Å²) in [6.45, 7) is -0.362. The molecule has 0 unspecified atom stereocenters. The fraction of sp³-hybridized carbons (Fsp3) is 0.500. The molecule has 0 saturated heterocycles. The fourth-order valence-corrected chi connectivity index (χ4v) is 3.59. The number of carbonyl (C=O) groups excluding carboxylic acids is 2. The van der Waals surface area contributed by atoms with Gasteiger partial charge in [-0.15, -0.1) is 0 Å². The molecule has 0 spiro atoms. The number of amides is 1. The largest absolute Gasteiger partial charge is 0.456 e. The molecule has 4 nitrogen and oxygen atoms in total. The maximum Gasteiger partial charge on any atom is 0.306 e. The van der Waals surface area contributed by atoms with Crippen LogP contribution in [0, 0.1) is 5.92 Å². The molecule has 1 aromatic carbocycles. The summed E-state index contributed by atoms with van der Waals surface area (Å²) < 4.78 is 4.98. The van der Waals surface area contributed by atoms with Crippen molar-refractivity contribution in [3.8, 4) is 0 Å². The Morgan fingerprint density at radius 3 is 2.35 bits per heavy atom. The van der Waals surface area contributed by atoms with Crippen LogP contribution in [0.3, 0.4) is 0 Å². The van der Waals surface area contributed by atoms with Crippen molar-refractivity contribution < 1.29 is 14.3 Å². The second kappa shape index (κ2) is 8.76. The van der Waals surface area contributed by atoms with Crippen LogP contribution in [0.1, 0.15) is 38.5 Å². The van der Waals surface area contributed by atoms with Gasteiger partial charge in [0, 0.05) is 11.4 Å². The summed E-state index contributed by atoms with van der Waals surface area (Å²) >= 11 is 17.7. The van der Waals surface area contributed by atoms with Crippen LogP contribution in [0.5, 0.6) is 0 Å². The van der Waals surface area contributed by atoms with E-state index in [4.69, 9.17) is 39.5 Å². The number of hydrogen-bond acceptors (Lipinski definition) is 3. The van der Waals surface area contributed by atoms with Gasteiger partial charge in [0.05, 0.1) is 15.7 Å². The van der Waals surface area contributed by atoms with Crippen LogP contribution in [0.4, 0.5) is 5.69 Å². The molecule has 0 aliphatic heterocycles. The van der Waals surface area contributed by atoms with Crippen molar-refractivity contribution in [2.24, 2.45) is 5.92 Å². The van der Waals surface area contributed by atoms with E-state index in [1.165, 1.54) is 37.8 Å². The Bertz CT molecular complexity index is 563. The summed E-state index contributed by atoms with van der Waals surface area (Å²) in [5, 5.41) is 3.34. The van der Waals surface area contributed by atoms with Gasteiger partial charge in [0.15, 0.2) is 6.61 Å². The Kier molecular flexibility index (Phi) is 7.00. The average molecular weight is 379 g/mol. The van der Waals surface area contributed by atoms with Gasteiger partial charge in [0.1, 0.15) is 0 Å². The van der Waals surface area contributed by atoms with E-state index < -0.39 is 5.91 Å². The highest BCUT2D eigenvalue weighted by molar-refractivity contribution is 6.42. The number of esters is 1. The van der Waals surface area contributed by atoms with E-state index in [9.17, 15) is 9.59 Å². The Labute approximate surface area is 150 Å². The number of hydrogen-bond donors (Lipinski definition) is 1. The molecule has 1 aliphatic carbocycles. The van der Waals surface area contributed by atoms with Gasteiger partial charge in [-0.3, -0.25) is 9.59 Å². The van der Waals surface area contributed by atoms with Gasteiger partial charge >= 0.3 is 5.97 Å². The first kappa shape index (κ1) is 18.4. The molecular formula is C16H18Cl3NO3. The summed E-state index contributed by atoms with van der Waals surface area (Å²) in [4.78, 5) is 23.5. The lowest BCUT2D eigenvalue weighted by molar-refractivity contribution is -0.147. The van der Waals surface area contributed by atoms with Gasteiger partial charge in [0.25, 0.3) is 5.91 Å². The lowest BCUT2D eigenvalue weighted by Crippen LogP contribution is -2.21. The summed E-state index contributed by atoms with van der Waals surface area (Å²) in [5.74, 6) is -0.242. The van der Waals surface area contributed by atoms with Crippen LogP contribution in [0.15, 0.2) is 12.1 Å². The minimum atomic E-state index is -0.495. The predicted octanol–water partition coefficient (Wildman–Crippen LogP) is 5.10. The van der Waals surface area contributed by atoms with E-state index in [2.05, 4.69) is 5.32 Å². The van der Waals surface area contributed by atoms with Crippen molar-refractivity contribution in [3.63, 3.8) is 0 Å². The van der Waals surface area contributed by atoms with Gasteiger partial charge in [-0.2, -0.15) is 0 Å². The fourth-order valence-electron chi connectivity index (χ4n) is 2.68. The zero-order valence-corrected chi connectivity index (χ0v) is 14.8. The molecule has 2 rings (SSSR count). The molecule has 1 aliphatic rings. The van der Waals surface area contributed by atoms with Crippen molar-refractivity contribution in [1.29, 1.82) is 0 Å². The summed E-state index contributed by atoms with van der Waals surface area (Å²) in [6, 6.07) is 2.94. The molecule has 23 heavy (non-hydrogen) atoms. The van der Waals surface area contributed by atoms with Crippen molar-refractivity contribution in [3.05, 3.63) is 27.2 Å². The van der Waals surface area contributed by atoms with E-state index in [-0.39, 0.29) is 28.3 Å². The smallest absolute Gasteiger partial charge is 0.306 e. The second-order valence-electron chi connectivity index (χ2n) is 5.64.